The third kappa shape index (κ3) is 5.46. The summed E-state index contributed by atoms with van der Waals surface area (Å²) >= 11 is 1.77. The van der Waals surface area contributed by atoms with Gasteiger partial charge in [0.05, 0.1) is 10.7 Å². The minimum atomic E-state index is 0.166. The van der Waals surface area contributed by atoms with E-state index in [1.807, 2.05) is 0 Å². The first-order valence-corrected chi connectivity index (χ1v) is 7.50. The molecule has 0 saturated carbocycles. The highest BCUT2D eigenvalue weighted by Gasteiger charge is 2.17. The minimum absolute atomic E-state index is 0.166. The summed E-state index contributed by atoms with van der Waals surface area (Å²) in [7, 11) is 4.23. The van der Waals surface area contributed by atoms with Gasteiger partial charge in [-0.3, -0.25) is 0 Å². The molecule has 1 atom stereocenters. The maximum Gasteiger partial charge on any atom is 0.0982 e. The predicted octanol–water partition coefficient (Wildman–Crippen LogP) is 2.87. The van der Waals surface area contributed by atoms with E-state index in [1.54, 1.807) is 11.3 Å². The van der Waals surface area contributed by atoms with Crippen LogP contribution in [-0.2, 0) is 12.0 Å². The van der Waals surface area contributed by atoms with Gasteiger partial charge in [-0.2, -0.15) is 0 Å². The van der Waals surface area contributed by atoms with Crippen molar-refractivity contribution in [2.24, 2.45) is 0 Å². The highest BCUT2D eigenvalue weighted by Crippen LogP contribution is 2.25. The Hall–Kier alpha value is -0.450. The molecule has 104 valence electrons. The Kier molecular flexibility index (Phi) is 5.76. The molecule has 3 nitrogen and oxygen atoms in total. The van der Waals surface area contributed by atoms with E-state index in [0.29, 0.717) is 6.04 Å². The molecule has 0 bridgehead atoms. The van der Waals surface area contributed by atoms with Crippen molar-refractivity contribution in [3.63, 3.8) is 0 Å². The topological polar surface area (TPSA) is 28.2 Å². The van der Waals surface area contributed by atoms with Crippen LogP contribution < -0.4 is 5.32 Å². The lowest BCUT2D eigenvalue weighted by atomic mass is 9.98. The van der Waals surface area contributed by atoms with Crippen LogP contribution in [0.5, 0.6) is 0 Å². The second kappa shape index (κ2) is 6.64. The van der Waals surface area contributed by atoms with Gasteiger partial charge in [-0.05, 0) is 34.0 Å². The van der Waals surface area contributed by atoms with Gasteiger partial charge in [0.1, 0.15) is 0 Å². The van der Waals surface area contributed by atoms with Crippen LogP contribution >= 0.6 is 11.3 Å². The number of hydrogen-bond donors (Lipinski definition) is 1. The molecule has 0 fully saturated rings. The van der Waals surface area contributed by atoms with Crippen LogP contribution in [0.25, 0.3) is 0 Å². The Morgan fingerprint density at radius 3 is 2.56 bits per heavy atom. The Morgan fingerprint density at radius 1 is 1.39 bits per heavy atom. The van der Waals surface area contributed by atoms with Crippen molar-refractivity contribution in [2.45, 2.75) is 52.1 Å². The average Bonchev–Trinajstić information content (AvgIpc) is 2.71. The summed E-state index contributed by atoms with van der Waals surface area (Å²) in [4.78, 5) is 6.92. The summed E-state index contributed by atoms with van der Waals surface area (Å²) in [5.41, 5.74) is 1.33. The quantitative estimate of drug-likeness (QED) is 0.861. The molecule has 1 unspecified atom stereocenters. The molecule has 0 aliphatic carbocycles. The normalized spacial score (nSPS) is 14.2. The first-order chi connectivity index (χ1) is 8.29. The van der Waals surface area contributed by atoms with Gasteiger partial charge in [-0.25, -0.2) is 4.98 Å². The van der Waals surface area contributed by atoms with Crippen LogP contribution in [0.15, 0.2) is 5.38 Å². The molecular weight excluding hydrogens is 242 g/mol. The zero-order valence-electron chi connectivity index (χ0n) is 12.6. The third-order valence-electron chi connectivity index (χ3n) is 2.83. The molecule has 0 saturated heterocycles. The first-order valence-electron chi connectivity index (χ1n) is 6.62. The highest BCUT2D eigenvalue weighted by molar-refractivity contribution is 7.09. The second-order valence-corrected chi connectivity index (χ2v) is 7.13. The van der Waals surface area contributed by atoms with E-state index in [9.17, 15) is 0 Å². The van der Waals surface area contributed by atoms with Crippen LogP contribution in [0, 0.1) is 0 Å². The summed E-state index contributed by atoms with van der Waals surface area (Å²) in [6, 6.07) is 0.534. The lowest BCUT2D eigenvalue weighted by molar-refractivity contribution is 0.365. The molecule has 0 aliphatic heterocycles. The fraction of sp³-hybridized carbons (Fsp3) is 0.786. The molecule has 0 spiro atoms. The van der Waals surface area contributed by atoms with E-state index in [-0.39, 0.29) is 5.41 Å². The standard InChI is InChI=1S/C14H27N3S/c1-11(7-8-17(5)6)15-9-12-10-18-13(16-12)14(2,3)4/h10-11,15H,7-9H2,1-6H3. The maximum absolute atomic E-state index is 4.69. The van der Waals surface area contributed by atoms with Crippen molar-refractivity contribution in [1.82, 2.24) is 15.2 Å². The average molecular weight is 269 g/mol. The fourth-order valence-electron chi connectivity index (χ4n) is 1.57. The van der Waals surface area contributed by atoms with Crippen LogP contribution in [0.3, 0.4) is 0 Å². The minimum Gasteiger partial charge on any atom is -0.309 e. The zero-order chi connectivity index (χ0) is 13.8. The molecule has 1 aromatic heterocycles. The van der Waals surface area contributed by atoms with Crippen molar-refractivity contribution in [3.8, 4) is 0 Å². The van der Waals surface area contributed by atoms with Gasteiger partial charge in [-0.1, -0.05) is 20.8 Å². The van der Waals surface area contributed by atoms with E-state index >= 15 is 0 Å². The Morgan fingerprint density at radius 2 is 2.06 bits per heavy atom. The van der Waals surface area contributed by atoms with E-state index in [2.05, 4.69) is 57.4 Å². The molecule has 0 aliphatic rings. The number of nitrogens with zero attached hydrogens (tertiary/aromatic N) is 2. The van der Waals surface area contributed by atoms with Crippen molar-refractivity contribution in [1.29, 1.82) is 0 Å². The fourth-order valence-corrected chi connectivity index (χ4v) is 2.47. The summed E-state index contributed by atoms with van der Waals surface area (Å²) < 4.78 is 0. The third-order valence-corrected chi connectivity index (χ3v) is 4.15. The predicted molar refractivity (Wildman–Crippen MR) is 80.3 cm³/mol. The van der Waals surface area contributed by atoms with Gasteiger partial charge in [0.25, 0.3) is 0 Å². The molecule has 1 N–H and O–H groups in total. The molecule has 18 heavy (non-hydrogen) atoms. The molecule has 1 heterocycles. The smallest absolute Gasteiger partial charge is 0.0982 e. The van der Waals surface area contributed by atoms with Gasteiger partial charge in [-0.15, -0.1) is 11.3 Å². The number of thiazole rings is 1. The largest absolute Gasteiger partial charge is 0.309 e. The first kappa shape index (κ1) is 15.6. The van der Waals surface area contributed by atoms with E-state index < -0.39 is 0 Å². The lowest BCUT2D eigenvalue weighted by Crippen LogP contribution is -2.29. The molecular formula is C14H27N3S. The van der Waals surface area contributed by atoms with Crippen molar-refractivity contribution >= 4 is 11.3 Å². The summed E-state index contributed by atoms with van der Waals surface area (Å²) in [5, 5.41) is 6.93. The highest BCUT2D eigenvalue weighted by atomic mass is 32.1. The molecule has 0 radical (unpaired) electrons. The second-order valence-electron chi connectivity index (χ2n) is 6.27. The van der Waals surface area contributed by atoms with Crippen molar-refractivity contribution < 1.29 is 0 Å². The van der Waals surface area contributed by atoms with Crippen LogP contribution in [-0.4, -0.2) is 36.6 Å². The van der Waals surface area contributed by atoms with E-state index in [0.717, 1.165) is 13.1 Å². The van der Waals surface area contributed by atoms with Crippen LogP contribution in [0.1, 0.15) is 44.8 Å². The molecule has 1 aromatic rings. The maximum atomic E-state index is 4.69. The summed E-state index contributed by atoms with van der Waals surface area (Å²) in [6.45, 7) is 10.9. The number of nitrogens with one attached hydrogen (secondary N) is 1. The number of hydrogen-bond acceptors (Lipinski definition) is 4. The van der Waals surface area contributed by atoms with Crippen LogP contribution in [0.4, 0.5) is 0 Å². The summed E-state index contributed by atoms with van der Waals surface area (Å²) in [5.74, 6) is 0. The Balaban J connectivity index is 2.37. The molecule has 4 heteroatoms. The Bertz CT molecular complexity index is 352. The SMILES string of the molecule is CC(CCN(C)C)NCc1csc(C(C)(C)C)n1. The van der Waals surface area contributed by atoms with Gasteiger partial charge in [0.15, 0.2) is 0 Å². The Labute approximate surface area is 116 Å². The van der Waals surface area contributed by atoms with Crippen molar-refractivity contribution in [2.75, 3.05) is 20.6 Å². The van der Waals surface area contributed by atoms with Crippen LogP contribution in [0.2, 0.25) is 0 Å². The molecule has 0 amide bonds. The number of rotatable bonds is 6. The van der Waals surface area contributed by atoms with Crippen molar-refractivity contribution in [3.05, 3.63) is 16.1 Å². The van der Waals surface area contributed by atoms with Gasteiger partial charge in [0.2, 0.25) is 0 Å². The summed E-state index contributed by atoms with van der Waals surface area (Å²) in [6.07, 6.45) is 1.17. The van der Waals surface area contributed by atoms with E-state index in [1.165, 1.54) is 17.1 Å². The molecule has 0 aromatic carbocycles. The van der Waals surface area contributed by atoms with Gasteiger partial charge in [0, 0.05) is 23.4 Å². The van der Waals surface area contributed by atoms with E-state index in [4.69, 9.17) is 4.98 Å². The van der Waals surface area contributed by atoms with Gasteiger partial charge >= 0.3 is 0 Å². The monoisotopic (exact) mass is 269 g/mol. The van der Waals surface area contributed by atoms with Gasteiger partial charge < -0.3 is 10.2 Å². The zero-order valence-corrected chi connectivity index (χ0v) is 13.4. The number of aromatic nitrogens is 1. The lowest BCUT2D eigenvalue weighted by Gasteiger charge is -2.16. The molecule has 1 rings (SSSR count).